The first kappa shape index (κ1) is 13.1. The number of nitrogens with zero attached hydrogens (tertiary/aromatic N) is 2. The maximum absolute atomic E-state index is 12.3. The summed E-state index contributed by atoms with van der Waals surface area (Å²) in [7, 11) is 0. The molecule has 0 radical (unpaired) electrons. The molecular weight excluding hydrogens is 282 g/mol. The summed E-state index contributed by atoms with van der Waals surface area (Å²) in [5.41, 5.74) is 1.06. The Kier molecular flexibility index (Phi) is 3.30. The Hall–Kier alpha value is -1.62. The first-order valence-corrected chi connectivity index (χ1v) is 8.48. The number of carbonyl (C=O) groups excluding carboxylic acids is 1. The third-order valence-corrected chi connectivity index (χ3v) is 5.31. The molecule has 4 rings (SSSR count). The van der Waals surface area contributed by atoms with E-state index >= 15 is 0 Å². The van der Waals surface area contributed by atoms with Gasteiger partial charge < -0.3 is 10.2 Å². The molecule has 1 aromatic carbocycles. The van der Waals surface area contributed by atoms with Crippen LogP contribution in [0.2, 0.25) is 0 Å². The summed E-state index contributed by atoms with van der Waals surface area (Å²) in [4.78, 5) is 14.6. The molecule has 2 aliphatic rings. The van der Waals surface area contributed by atoms with E-state index in [0.29, 0.717) is 6.04 Å². The molecule has 21 heavy (non-hydrogen) atoms. The standard InChI is InChI=1S/C16H19N3OS/c20-15(17-12-7-8-12)11-4-3-9-19(10-11)16-13-5-1-2-6-14(13)18-21-16/h1-2,5-6,11-12H,3-4,7-10H2,(H,17,20)/t11-/m0/s1. The Balaban J connectivity index is 1.53. The van der Waals surface area contributed by atoms with E-state index in [9.17, 15) is 4.79 Å². The highest BCUT2D eigenvalue weighted by molar-refractivity contribution is 7.11. The van der Waals surface area contributed by atoms with Crippen LogP contribution in [0.1, 0.15) is 25.7 Å². The van der Waals surface area contributed by atoms with Crippen LogP contribution in [0.3, 0.4) is 0 Å². The maximum atomic E-state index is 12.3. The predicted molar refractivity (Wildman–Crippen MR) is 85.7 cm³/mol. The lowest BCUT2D eigenvalue weighted by molar-refractivity contribution is -0.125. The second kappa shape index (κ2) is 5.30. The van der Waals surface area contributed by atoms with Gasteiger partial charge in [0.2, 0.25) is 5.91 Å². The number of aromatic nitrogens is 1. The van der Waals surface area contributed by atoms with Crippen LogP contribution in [0.4, 0.5) is 5.00 Å². The number of hydrogen-bond acceptors (Lipinski definition) is 4. The molecule has 5 heteroatoms. The van der Waals surface area contributed by atoms with E-state index in [1.54, 1.807) is 11.5 Å². The van der Waals surface area contributed by atoms with Gasteiger partial charge in [0.1, 0.15) is 5.00 Å². The number of benzene rings is 1. The van der Waals surface area contributed by atoms with Crippen LogP contribution >= 0.6 is 11.5 Å². The second-order valence-corrected chi connectivity index (χ2v) is 6.82. The lowest BCUT2D eigenvalue weighted by Gasteiger charge is -2.32. The first-order valence-electron chi connectivity index (χ1n) is 7.71. The van der Waals surface area contributed by atoms with Gasteiger partial charge in [-0.15, -0.1) is 0 Å². The molecule has 2 heterocycles. The Morgan fingerprint density at radius 2 is 2.14 bits per heavy atom. The van der Waals surface area contributed by atoms with Crippen molar-refractivity contribution in [3.63, 3.8) is 0 Å². The first-order chi connectivity index (χ1) is 10.3. The molecule has 0 bridgehead atoms. The van der Waals surface area contributed by atoms with Crippen LogP contribution in [0.15, 0.2) is 24.3 Å². The number of carbonyl (C=O) groups is 1. The molecule has 4 nitrogen and oxygen atoms in total. The zero-order chi connectivity index (χ0) is 14.2. The van der Waals surface area contributed by atoms with Gasteiger partial charge >= 0.3 is 0 Å². The van der Waals surface area contributed by atoms with E-state index < -0.39 is 0 Å². The van der Waals surface area contributed by atoms with Crippen LogP contribution in [0, 0.1) is 5.92 Å². The third kappa shape index (κ3) is 2.62. The quantitative estimate of drug-likeness (QED) is 0.948. The van der Waals surface area contributed by atoms with E-state index in [-0.39, 0.29) is 11.8 Å². The van der Waals surface area contributed by atoms with Gasteiger partial charge in [-0.05, 0) is 49.3 Å². The van der Waals surface area contributed by atoms with Crippen molar-refractivity contribution < 1.29 is 4.79 Å². The number of fused-ring (bicyclic) bond motifs is 1. The number of piperidine rings is 1. The summed E-state index contributed by atoms with van der Waals surface area (Å²) >= 11 is 1.55. The predicted octanol–water partition coefficient (Wildman–Crippen LogP) is 2.79. The summed E-state index contributed by atoms with van der Waals surface area (Å²) < 4.78 is 4.52. The number of nitrogens with one attached hydrogen (secondary N) is 1. The van der Waals surface area contributed by atoms with Crippen molar-refractivity contribution in [1.29, 1.82) is 0 Å². The Bertz CT molecular complexity index is 664. The lowest BCUT2D eigenvalue weighted by Crippen LogP contribution is -2.43. The SMILES string of the molecule is O=C(NC1CC1)[C@H]1CCCN(c2snc3ccccc23)C1. The fourth-order valence-corrected chi connectivity index (χ4v) is 3.92. The van der Waals surface area contributed by atoms with Crippen molar-refractivity contribution in [1.82, 2.24) is 9.69 Å². The minimum atomic E-state index is 0.125. The topological polar surface area (TPSA) is 45.2 Å². The van der Waals surface area contributed by atoms with Crippen LogP contribution in [0.5, 0.6) is 0 Å². The number of amides is 1. The molecule has 2 fully saturated rings. The maximum Gasteiger partial charge on any atom is 0.225 e. The monoisotopic (exact) mass is 301 g/mol. The molecule has 1 aliphatic heterocycles. The number of hydrogen-bond donors (Lipinski definition) is 1. The highest BCUT2D eigenvalue weighted by Crippen LogP contribution is 2.34. The fraction of sp³-hybridized carbons (Fsp3) is 0.500. The Labute approximate surface area is 128 Å². The molecule has 0 spiro atoms. The average Bonchev–Trinajstić information content (AvgIpc) is 3.23. The van der Waals surface area contributed by atoms with Crippen molar-refractivity contribution >= 4 is 33.3 Å². The van der Waals surface area contributed by atoms with Gasteiger partial charge in [0.25, 0.3) is 0 Å². The zero-order valence-electron chi connectivity index (χ0n) is 11.9. The summed E-state index contributed by atoms with van der Waals surface area (Å²) in [5, 5.41) is 5.58. The minimum absolute atomic E-state index is 0.125. The smallest absolute Gasteiger partial charge is 0.225 e. The van der Waals surface area contributed by atoms with Crippen molar-refractivity contribution in [3.8, 4) is 0 Å². The molecule has 1 aliphatic carbocycles. The summed E-state index contributed by atoms with van der Waals surface area (Å²) in [6.45, 7) is 1.85. The molecular formula is C16H19N3OS. The molecule has 1 amide bonds. The van der Waals surface area contributed by atoms with Crippen LogP contribution < -0.4 is 10.2 Å². The summed E-state index contributed by atoms with van der Waals surface area (Å²) in [6, 6.07) is 8.71. The molecule has 1 aromatic heterocycles. The normalized spacial score (nSPS) is 22.5. The largest absolute Gasteiger partial charge is 0.361 e. The van der Waals surface area contributed by atoms with E-state index in [2.05, 4.69) is 32.8 Å². The highest BCUT2D eigenvalue weighted by atomic mass is 32.1. The lowest BCUT2D eigenvalue weighted by atomic mass is 9.97. The van der Waals surface area contributed by atoms with Crippen LogP contribution in [-0.4, -0.2) is 29.4 Å². The molecule has 1 saturated carbocycles. The van der Waals surface area contributed by atoms with Gasteiger partial charge in [-0.3, -0.25) is 4.79 Å². The average molecular weight is 301 g/mol. The number of rotatable bonds is 3. The van der Waals surface area contributed by atoms with E-state index in [4.69, 9.17) is 0 Å². The molecule has 0 unspecified atom stereocenters. The van der Waals surface area contributed by atoms with Gasteiger partial charge in [0, 0.05) is 24.5 Å². The highest BCUT2D eigenvalue weighted by Gasteiger charge is 2.31. The van der Waals surface area contributed by atoms with Gasteiger partial charge in [-0.25, -0.2) is 0 Å². The van der Waals surface area contributed by atoms with Gasteiger partial charge in [0.05, 0.1) is 11.4 Å². The molecule has 110 valence electrons. The molecule has 1 N–H and O–H groups in total. The van der Waals surface area contributed by atoms with Gasteiger partial charge in [-0.1, -0.05) is 12.1 Å². The minimum Gasteiger partial charge on any atom is -0.361 e. The van der Waals surface area contributed by atoms with E-state index in [1.807, 2.05) is 6.07 Å². The van der Waals surface area contributed by atoms with Gasteiger partial charge in [0.15, 0.2) is 0 Å². The second-order valence-electron chi connectivity index (χ2n) is 6.07. The molecule has 2 aromatic rings. The molecule has 1 atom stereocenters. The van der Waals surface area contributed by atoms with Gasteiger partial charge in [-0.2, -0.15) is 4.37 Å². The third-order valence-electron chi connectivity index (χ3n) is 4.37. The van der Waals surface area contributed by atoms with Crippen LogP contribution in [0.25, 0.3) is 10.9 Å². The summed E-state index contributed by atoms with van der Waals surface area (Å²) in [6.07, 6.45) is 4.39. The Morgan fingerprint density at radius 3 is 3.00 bits per heavy atom. The van der Waals surface area contributed by atoms with E-state index in [0.717, 1.165) is 44.3 Å². The van der Waals surface area contributed by atoms with Crippen molar-refractivity contribution in [2.45, 2.75) is 31.7 Å². The fourth-order valence-electron chi connectivity index (χ4n) is 3.03. The van der Waals surface area contributed by atoms with Crippen molar-refractivity contribution in [3.05, 3.63) is 24.3 Å². The summed E-state index contributed by atoms with van der Waals surface area (Å²) in [5.74, 6) is 0.372. The van der Waals surface area contributed by atoms with E-state index in [1.165, 1.54) is 10.4 Å². The number of anilines is 1. The van der Waals surface area contributed by atoms with Crippen molar-refractivity contribution in [2.24, 2.45) is 5.92 Å². The van der Waals surface area contributed by atoms with Crippen molar-refractivity contribution in [2.75, 3.05) is 18.0 Å². The molecule has 1 saturated heterocycles. The zero-order valence-corrected chi connectivity index (χ0v) is 12.7. The van der Waals surface area contributed by atoms with Crippen LogP contribution in [-0.2, 0) is 4.79 Å². The Morgan fingerprint density at radius 1 is 1.29 bits per heavy atom.